The predicted molar refractivity (Wildman–Crippen MR) is 536 cm³/mol. The number of fused-ring (bicyclic) bond motifs is 9. The summed E-state index contributed by atoms with van der Waals surface area (Å²) in [5.74, 6) is 0. The van der Waals surface area contributed by atoms with E-state index in [2.05, 4.69) is 330 Å². The van der Waals surface area contributed by atoms with Gasteiger partial charge in [0.2, 0.25) is 34.2 Å². The van der Waals surface area contributed by atoms with Crippen LogP contribution in [-0.4, -0.2) is 0 Å². The first kappa shape index (κ1) is 89.4. The molecule has 0 radical (unpaired) electrons. The van der Waals surface area contributed by atoms with Gasteiger partial charge in [-0.05, 0) is 341 Å². The summed E-state index contributed by atoms with van der Waals surface area (Å²) in [7, 11) is 13.4. The molecule has 6 saturated carbocycles. The van der Waals surface area contributed by atoms with Crippen molar-refractivity contribution < 1.29 is 27.4 Å². The van der Waals surface area contributed by atoms with Gasteiger partial charge in [-0.1, -0.05) is 186 Å². The highest BCUT2D eigenvalue weighted by atomic mass is 15.0. The van der Waals surface area contributed by atoms with Crippen molar-refractivity contribution in [3.63, 3.8) is 0 Å². The highest BCUT2D eigenvalue weighted by molar-refractivity contribution is 5.71. The molecule has 0 aliphatic heterocycles. The van der Waals surface area contributed by atoms with Gasteiger partial charge in [0.15, 0.2) is 36.2 Å². The second kappa shape index (κ2) is 37.7. The van der Waals surface area contributed by atoms with Crippen LogP contribution in [0.15, 0.2) is 219 Å². The van der Waals surface area contributed by atoms with Crippen molar-refractivity contribution in [2.75, 3.05) is 0 Å². The van der Waals surface area contributed by atoms with E-state index in [1.807, 2.05) is 0 Å². The largest absolute Gasteiger partial charge is 0.216 e. The third-order valence-corrected chi connectivity index (χ3v) is 35.7. The van der Waals surface area contributed by atoms with E-state index >= 15 is 0 Å². The predicted octanol–water partition coefficient (Wildman–Crippen LogP) is 26.7. The Labute approximate surface area is 782 Å². The molecule has 6 spiro atoms. The molecule has 6 aromatic heterocycles. The Kier molecular flexibility index (Phi) is 25.9. The van der Waals surface area contributed by atoms with Crippen LogP contribution in [0.2, 0.25) is 0 Å². The molecule has 12 aliphatic rings. The zero-order chi connectivity index (χ0) is 89.5. The molecule has 130 heavy (non-hydrogen) atoms. The molecule has 6 nitrogen and oxygen atoms in total. The van der Waals surface area contributed by atoms with Gasteiger partial charge in [-0.3, -0.25) is 0 Å². The van der Waals surface area contributed by atoms with Crippen molar-refractivity contribution in [3.8, 4) is 67.5 Å². The van der Waals surface area contributed by atoms with Gasteiger partial charge in [0.1, 0.15) is 42.3 Å². The molecule has 6 heterocycles. The molecule has 24 rings (SSSR count). The number of aryl methyl sites for hydroxylation is 13. The van der Waals surface area contributed by atoms with Crippen LogP contribution >= 0.6 is 0 Å². The van der Waals surface area contributed by atoms with E-state index in [0.717, 1.165) is 0 Å². The number of rotatable bonds is 6. The van der Waals surface area contributed by atoms with E-state index in [1.165, 1.54) is 358 Å². The summed E-state index contributed by atoms with van der Waals surface area (Å²) in [6.07, 6.45) is 64.4. The molecule has 6 aromatic carbocycles. The van der Waals surface area contributed by atoms with Crippen LogP contribution in [0.5, 0.6) is 0 Å². The van der Waals surface area contributed by atoms with Gasteiger partial charge in [0, 0.05) is 115 Å². The Morgan fingerprint density at radius 1 is 0.223 bits per heavy atom. The third kappa shape index (κ3) is 17.3. The normalized spacial score (nSPS) is 19.3. The van der Waals surface area contributed by atoms with Crippen molar-refractivity contribution in [2.45, 2.75) is 315 Å². The number of pyridine rings is 6. The number of benzene rings is 6. The maximum absolute atomic E-state index is 2.51. The Hall–Kier alpha value is -9.78. The van der Waals surface area contributed by atoms with Crippen LogP contribution in [0.3, 0.4) is 0 Å². The first-order valence-corrected chi connectivity index (χ1v) is 51.6. The molecule has 0 unspecified atom stereocenters. The Bertz CT molecular complexity index is 6150. The molecular weight excluding hydrogens is 1570 g/mol. The van der Waals surface area contributed by atoms with Crippen LogP contribution in [0.25, 0.3) is 67.5 Å². The monoisotopic (exact) mass is 1730 g/mol. The third-order valence-electron chi connectivity index (χ3n) is 35.7. The summed E-state index contributed by atoms with van der Waals surface area (Å²) < 4.78 is 14.4. The SMILES string of the molecule is Cc1ccccc1-c1c2c(cc[n+]1C)C1(CCCC1)CCC2.Cc1ccccc1-c1c2c(cc[n+]1C)CC1(CCCC1)CC2.Cc1ccccc1-c1c2c(cc[n+]1C)CCC1(CCCC1)C2.Cc1ccccc1-c1c2c(cc[n+]1C)CCCC21CCCC1.Cc1ccccc1-c1ccc2c([n+]1C)C1(CCCC1)CC2.Cc1ccccc1-c1ccc2c([n+]1C)CC1(CCCC1)C2. The van der Waals surface area contributed by atoms with Gasteiger partial charge < -0.3 is 0 Å². The molecule has 0 saturated heterocycles. The van der Waals surface area contributed by atoms with E-state index in [-0.39, 0.29) is 0 Å². The van der Waals surface area contributed by atoms with Crippen LogP contribution in [-0.2, 0) is 116 Å². The number of hydrogen-bond donors (Lipinski definition) is 0. The summed E-state index contributed by atoms with van der Waals surface area (Å²) in [4.78, 5) is 0. The van der Waals surface area contributed by atoms with E-state index in [1.54, 1.807) is 67.0 Å². The molecule has 0 atom stereocenters. The van der Waals surface area contributed by atoms with E-state index in [9.17, 15) is 0 Å². The lowest BCUT2D eigenvalue weighted by atomic mass is 9.67. The lowest BCUT2D eigenvalue weighted by Crippen LogP contribution is -2.42. The summed E-state index contributed by atoms with van der Waals surface area (Å²) >= 11 is 0. The molecule has 0 bridgehead atoms. The molecular formula is C124H152N6+6. The first-order valence-electron chi connectivity index (χ1n) is 51.6. The number of hydrogen-bond acceptors (Lipinski definition) is 0. The molecule has 6 fully saturated rings. The van der Waals surface area contributed by atoms with E-state index in [0.29, 0.717) is 32.5 Å². The zero-order valence-electron chi connectivity index (χ0n) is 81.8. The molecule has 0 N–H and O–H groups in total. The highest BCUT2D eigenvalue weighted by Gasteiger charge is 2.51. The van der Waals surface area contributed by atoms with Gasteiger partial charge in [-0.2, -0.15) is 9.13 Å². The van der Waals surface area contributed by atoms with Crippen molar-refractivity contribution in [3.05, 3.63) is 319 Å². The van der Waals surface area contributed by atoms with Gasteiger partial charge >= 0.3 is 0 Å². The van der Waals surface area contributed by atoms with Crippen molar-refractivity contribution >= 4 is 0 Å². The Balaban J connectivity index is 0.000000101. The zero-order valence-corrected chi connectivity index (χ0v) is 81.8. The van der Waals surface area contributed by atoms with Crippen molar-refractivity contribution in [2.24, 2.45) is 58.5 Å². The second-order valence-corrected chi connectivity index (χ2v) is 43.7. The second-order valence-electron chi connectivity index (χ2n) is 43.7. The quantitative estimate of drug-likeness (QED) is 0.148. The summed E-state index contributed by atoms with van der Waals surface area (Å²) in [6, 6.07) is 71.9. The first-order chi connectivity index (χ1) is 63.2. The topological polar surface area (TPSA) is 23.3 Å². The minimum atomic E-state index is 0.463. The standard InChI is InChI=1S/4C21H26N.2C20H24N/c1-16-8-3-4-10-18(16)20-19-17(11-15-22(20)2)9-7-14-21(19)12-5-6-13-21;1-16-8-3-4-9-17(16)20-18-10-7-14-21(12-5-6-13-21)19(18)11-15-22(20)2;1-16-7-3-4-8-18(16)20-19-9-13-21(11-5-6-12-21)15-17(19)10-14-22(20)2;1-16-7-3-4-8-18(16)20-19-15-21(11-5-6-12-21)13-9-17(19)10-14-22(20)2;1-15-7-3-4-8-17(15)18-10-9-16-11-14-20(12-5-6-13-20)19(16)21(18)2;1-15-7-3-4-8-17(15)18-10-9-16-13-20(11-5-6-12-20)14-19(16)21(18)2/h3-4,8,10-11,15H,5-7,9,12-14H2,1-2H3;3-4,8-9,11,15H,5-7,10,12-14H2,1-2H3;2*3-4,7-8,10,14H,5-6,9,11-13,15H2,1-2H3;2*3-4,7-10H,5-6,11-14H2,1-2H3/q6*+1. The fourth-order valence-corrected chi connectivity index (χ4v) is 28.8. The molecule has 12 aliphatic carbocycles. The highest BCUT2D eigenvalue weighted by Crippen LogP contribution is 2.56. The van der Waals surface area contributed by atoms with Crippen molar-refractivity contribution in [1.29, 1.82) is 0 Å². The molecule has 6 heteroatoms. The van der Waals surface area contributed by atoms with Gasteiger partial charge in [0.25, 0.3) is 0 Å². The maximum Gasteiger partial charge on any atom is 0.216 e. The lowest BCUT2D eigenvalue weighted by molar-refractivity contribution is -0.671. The molecule has 12 aromatic rings. The van der Waals surface area contributed by atoms with Crippen LogP contribution in [0.1, 0.15) is 299 Å². The van der Waals surface area contributed by atoms with Gasteiger partial charge in [0.05, 0.1) is 5.41 Å². The molecule has 672 valence electrons. The van der Waals surface area contributed by atoms with Crippen molar-refractivity contribution in [1.82, 2.24) is 0 Å². The van der Waals surface area contributed by atoms with Crippen LogP contribution in [0, 0.1) is 57.8 Å². The smallest absolute Gasteiger partial charge is 0.201 e. The summed E-state index contributed by atoms with van der Waals surface area (Å²) in [5, 5.41) is 0. The van der Waals surface area contributed by atoms with Crippen LogP contribution in [0.4, 0.5) is 0 Å². The minimum Gasteiger partial charge on any atom is -0.201 e. The lowest BCUT2D eigenvalue weighted by Gasteiger charge is -2.36. The summed E-state index contributed by atoms with van der Waals surface area (Å²) in [6.45, 7) is 13.4. The Morgan fingerprint density at radius 3 is 1.11 bits per heavy atom. The van der Waals surface area contributed by atoms with Crippen LogP contribution < -0.4 is 27.4 Å². The average molecular weight is 1730 g/mol. The molecule has 0 amide bonds. The van der Waals surface area contributed by atoms with Gasteiger partial charge in [-0.15, -0.1) is 0 Å². The van der Waals surface area contributed by atoms with Gasteiger partial charge in [-0.25, -0.2) is 18.3 Å². The number of nitrogens with zero attached hydrogens (tertiary/aromatic N) is 6. The fourth-order valence-electron chi connectivity index (χ4n) is 28.8. The maximum atomic E-state index is 2.51. The Morgan fingerprint density at radius 2 is 0.585 bits per heavy atom. The minimum absolute atomic E-state index is 0.463. The fraction of sp³-hybridized carbons (Fsp3) is 0.468. The van der Waals surface area contributed by atoms with E-state index < -0.39 is 0 Å². The average Bonchev–Trinajstić information content (AvgIpc) is 1.21. The summed E-state index contributed by atoms with van der Waals surface area (Å²) in [5.41, 5.74) is 48.0. The number of aromatic nitrogens is 6. The van der Waals surface area contributed by atoms with E-state index in [4.69, 9.17) is 0 Å².